The second-order valence-electron chi connectivity index (χ2n) is 10.8. The second-order valence-corrected chi connectivity index (χ2v) is 10.8. The van der Waals surface area contributed by atoms with Crippen LogP contribution in [0.3, 0.4) is 0 Å². The van der Waals surface area contributed by atoms with Crippen LogP contribution < -0.4 is 16.0 Å². The van der Waals surface area contributed by atoms with Gasteiger partial charge in [0.1, 0.15) is 0 Å². The molecule has 0 aromatic carbocycles. The van der Waals surface area contributed by atoms with Crippen LogP contribution in [0.2, 0.25) is 0 Å². The van der Waals surface area contributed by atoms with Crippen molar-refractivity contribution >= 4 is 24.0 Å². The predicted molar refractivity (Wildman–Crippen MR) is 140 cm³/mol. The van der Waals surface area contributed by atoms with Crippen LogP contribution in [0.5, 0.6) is 0 Å². The molecule has 1 unspecified atom stereocenters. The van der Waals surface area contributed by atoms with Crippen molar-refractivity contribution in [3.05, 3.63) is 21.8 Å². The van der Waals surface area contributed by atoms with Crippen molar-refractivity contribution in [3.63, 3.8) is 0 Å². The Morgan fingerprint density at radius 1 is 1.00 bits per heavy atom. The van der Waals surface area contributed by atoms with E-state index in [9.17, 15) is 9.59 Å². The van der Waals surface area contributed by atoms with E-state index in [4.69, 9.17) is 4.84 Å². The standard InChI is InChI=1S/C29H45N3O3/c1-22-29-25(24-15-11-12-16-26(24)30-29)19-20-32(22)28(34)18-10-6-5-9-17-27(33)31-35-21-23-13-7-3-2-4-8-14-23/h15-16,22-23,30H,2-14,17-21H2,1H3,(H,31,33). The third-order valence-corrected chi connectivity index (χ3v) is 8.16. The van der Waals surface area contributed by atoms with E-state index in [2.05, 4.69) is 29.5 Å². The van der Waals surface area contributed by atoms with Crippen molar-refractivity contribution in [1.82, 2.24) is 15.4 Å². The first kappa shape index (κ1) is 26.0. The van der Waals surface area contributed by atoms with Gasteiger partial charge in [-0.2, -0.15) is 0 Å². The molecule has 0 saturated heterocycles. The zero-order valence-corrected chi connectivity index (χ0v) is 21.7. The van der Waals surface area contributed by atoms with Crippen molar-refractivity contribution in [2.75, 3.05) is 13.2 Å². The summed E-state index contributed by atoms with van der Waals surface area (Å²) in [6.45, 7) is 3.60. The smallest absolute Gasteiger partial charge is 0.243 e. The summed E-state index contributed by atoms with van der Waals surface area (Å²) in [6, 6.07) is 0.116. The molecule has 1 saturated carbocycles. The highest BCUT2D eigenvalue weighted by molar-refractivity contribution is 5.77. The molecule has 0 spiro atoms. The lowest BCUT2D eigenvalue weighted by Crippen LogP contribution is -2.39. The number of carbonyl (C=O) groups is 2. The third-order valence-electron chi connectivity index (χ3n) is 8.16. The summed E-state index contributed by atoms with van der Waals surface area (Å²) >= 11 is 0. The number of rotatable bonds is 10. The fourth-order valence-corrected chi connectivity index (χ4v) is 6.05. The number of hydrogen-bond acceptors (Lipinski definition) is 3. The Morgan fingerprint density at radius 2 is 1.71 bits per heavy atom. The number of nitrogens with one attached hydrogen (secondary N) is 2. The number of hydroxylamine groups is 1. The molecule has 6 heteroatoms. The van der Waals surface area contributed by atoms with Gasteiger partial charge in [-0.25, -0.2) is 5.48 Å². The molecular formula is C29H45N3O3. The molecule has 2 heterocycles. The lowest BCUT2D eigenvalue weighted by molar-refractivity contribution is -0.135. The number of nitrogens with zero attached hydrogens (tertiary/aromatic N) is 1. The highest BCUT2D eigenvalue weighted by Crippen LogP contribution is 2.27. The molecule has 35 heavy (non-hydrogen) atoms. The van der Waals surface area contributed by atoms with Crippen molar-refractivity contribution in [2.45, 2.75) is 116 Å². The minimum Gasteiger partial charge on any atom is -0.357 e. The van der Waals surface area contributed by atoms with Gasteiger partial charge in [-0.3, -0.25) is 14.4 Å². The van der Waals surface area contributed by atoms with E-state index in [1.165, 1.54) is 66.8 Å². The number of hydrogen-bond donors (Lipinski definition) is 2. The van der Waals surface area contributed by atoms with Gasteiger partial charge in [0.2, 0.25) is 11.8 Å². The molecule has 0 radical (unpaired) electrons. The van der Waals surface area contributed by atoms with Gasteiger partial charge >= 0.3 is 0 Å². The summed E-state index contributed by atoms with van der Waals surface area (Å²) in [5, 5.41) is 2.62. The SMILES string of the molecule is CC1c2[nH]c3c(c2CCN1C(=O)CCCCCCC(=O)NOCC1CCCCCCC1)=CCCC=3. The minimum atomic E-state index is -0.0204. The van der Waals surface area contributed by atoms with Crippen LogP contribution in [0.15, 0.2) is 0 Å². The first-order valence-electron chi connectivity index (χ1n) is 14.2. The fourth-order valence-electron chi connectivity index (χ4n) is 6.05. The number of carbonyl (C=O) groups excluding carboxylic acids is 2. The van der Waals surface area contributed by atoms with Crippen molar-refractivity contribution in [2.24, 2.45) is 5.92 Å². The van der Waals surface area contributed by atoms with Gasteiger partial charge in [-0.05, 0) is 68.6 Å². The highest BCUT2D eigenvalue weighted by atomic mass is 16.6. The lowest BCUT2D eigenvalue weighted by Gasteiger charge is -2.33. The van der Waals surface area contributed by atoms with E-state index in [0.717, 1.165) is 51.5 Å². The van der Waals surface area contributed by atoms with Gasteiger partial charge < -0.3 is 9.88 Å². The average molecular weight is 484 g/mol. The summed E-state index contributed by atoms with van der Waals surface area (Å²) in [5.41, 5.74) is 5.29. The normalized spacial score (nSPS) is 20.6. The maximum absolute atomic E-state index is 12.9. The molecular weight excluding hydrogens is 438 g/mol. The van der Waals surface area contributed by atoms with Gasteiger partial charge in [-0.1, -0.05) is 57.1 Å². The summed E-state index contributed by atoms with van der Waals surface area (Å²) in [6.07, 6.45) is 21.6. The van der Waals surface area contributed by atoms with E-state index in [0.29, 0.717) is 25.4 Å². The predicted octanol–water partition coefficient (Wildman–Crippen LogP) is 4.56. The largest absolute Gasteiger partial charge is 0.357 e. The zero-order chi connectivity index (χ0) is 24.5. The van der Waals surface area contributed by atoms with Gasteiger partial charge in [0.05, 0.1) is 12.6 Å². The van der Waals surface area contributed by atoms with Crippen LogP contribution in [0.1, 0.15) is 121 Å². The number of aromatic nitrogens is 1. The van der Waals surface area contributed by atoms with Gasteiger partial charge in [0, 0.05) is 30.4 Å². The average Bonchev–Trinajstić information content (AvgIpc) is 3.22. The molecule has 3 aliphatic rings. The Hall–Kier alpha value is -2.08. The molecule has 1 aromatic heterocycles. The molecule has 6 nitrogen and oxygen atoms in total. The first-order valence-corrected chi connectivity index (χ1v) is 14.2. The Morgan fingerprint density at radius 3 is 2.51 bits per heavy atom. The quantitative estimate of drug-likeness (QED) is 0.378. The van der Waals surface area contributed by atoms with E-state index in [1.54, 1.807) is 0 Å². The van der Waals surface area contributed by atoms with Crippen LogP contribution in [0, 0.1) is 5.92 Å². The van der Waals surface area contributed by atoms with Crippen LogP contribution in [-0.4, -0.2) is 34.8 Å². The number of unbranched alkanes of at least 4 members (excludes halogenated alkanes) is 3. The number of amides is 2. The van der Waals surface area contributed by atoms with Gasteiger partial charge in [0.15, 0.2) is 0 Å². The Balaban J connectivity index is 1.08. The summed E-state index contributed by atoms with van der Waals surface area (Å²) in [5.74, 6) is 0.818. The Labute approximate surface area is 210 Å². The summed E-state index contributed by atoms with van der Waals surface area (Å²) in [7, 11) is 0. The molecule has 0 bridgehead atoms. The molecule has 1 aromatic rings. The van der Waals surface area contributed by atoms with Gasteiger partial charge in [0.25, 0.3) is 0 Å². The third kappa shape index (κ3) is 7.22. The van der Waals surface area contributed by atoms with E-state index in [-0.39, 0.29) is 17.9 Å². The number of fused-ring (bicyclic) bond motifs is 3. The second kappa shape index (κ2) is 13.3. The Bertz CT molecular complexity index is 959. The zero-order valence-electron chi connectivity index (χ0n) is 21.7. The molecule has 194 valence electrons. The molecule has 2 aliphatic carbocycles. The number of H-pyrrole nitrogens is 1. The van der Waals surface area contributed by atoms with Crippen molar-refractivity contribution in [1.29, 1.82) is 0 Å². The van der Waals surface area contributed by atoms with Crippen LogP contribution in [0.25, 0.3) is 12.2 Å². The van der Waals surface area contributed by atoms with E-state index >= 15 is 0 Å². The Kier molecular flexibility index (Phi) is 9.87. The molecule has 2 amide bonds. The topological polar surface area (TPSA) is 74.4 Å². The van der Waals surface area contributed by atoms with Crippen molar-refractivity contribution in [3.8, 4) is 0 Å². The van der Waals surface area contributed by atoms with Crippen LogP contribution in [0.4, 0.5) is 0 Å². The van der Waals surface area contributed by atoms with E-state index in [1.807, 2.05) is 4.90 Å². The first-order chi connectivity index (χ1) is 17.1. The molecule has 1 aliphatic heterocycles. The summed E-state index contributed by atoms with van der Waals surface area (Å²) < 4.78 is 0. The summed E-state index contributed by atoms with van der Waals surface area (Å²) in [4.78, 5) is 36.1. The van der Waals surface area contributed by atoms with Crippen LogP contribution >= 0.6 is 0 Å². The molecule has 4 rings (SSSR count). The fraction of sp³-hybridized carbons (Fsp3) is 0.724. The maximum Gasteiger partial charge on any atom is 0.243 e. The van der Waals surface area contributed by atoms with Crippen molar-refractivity contribution < 1.29 is 14.4 Å². The van der Waals surface area contributed by atoms with Gasteiger partial charge in [-0.15, -0.1) is 0 Å². The monoisotopic (exact) mass is 483 g/mol. The number of aromatic amines is 1. The minimum absolute atomic E-state index is 0.0204. The van der Waals surface area contributed by atoms with E-state index < -0.39 is 0 Å². The van der Waals surface area contributed by atoms with Crippen LogP contribution in [-0.2, 0) is 20.8 Å². The molecule has 2 N–H and O–H groups in total. The highest BCUT2D eigenvalue weighted by Gasteiger charge is 2.29. The lowest BCUT2D eigenvalue weighted by atomic mass is 9.92. The maximum atomic E-state index is 12.9. The molecule has 1 fully saturated rings. The molecule has 1 atom stereocenters.